The van der Waals surface area contributed by atoms with Gasteiger partial charge in [0.2, 0.25) is 0 Å². The molecular weight excluding hydrogens is 295 g/mol. The van der Waals surface area contributed by atoms with E-state index in [0.29, 0.717) is 0 Å². The van der Waals surface area contributed by atoms with Crippen LogP contribution in [-0.2, 0) is 0 Å². The number of hydrogen-bond donors (Lipinski definition) is 0. The zero-order valence-corrected chi connectivity index (χ0v) is 13.9. The highest BCUT2D eigenvalue weighted by molar-refractivity contribution is 7.98. The van der Waals surface area contributed by atoms with Gasteiger partial charge in [0.1, 0.15) is 23.2 Å². The molecule has 0 fully saturated rings. The van der Waals surface area contributed by atoms with Crippen molar-refractivity contribution in [2.75, 3.05) is 0 Å². The first-order chi connectivity index (χ1) is 11.4. The summed E-state index contributed by atoms with van der Waals surface area (Å²) >= 11 is 0. The second kappa shape index (κ2) is 7.22. The van der Waals surface area contributed by atoms with Gasteiger partial charge < -0.3 is 0 Å². The van der Waals surface area contributed by atoms with Crippen molar-refractivity contribution in [2.24, 2.45) is 0 Å². The van der Waals surface area contributed by atoms with E-state index in [1.807, 2.05) is 6.08 Å². The van der Waals surface area contributed by atoms with Gasteiger partial charge in [0, 0.05) is 0 Å². The lowest BCUT2D eigenvalue weighted by Crippen LogP contribution is -2.29. The van der Waals surface area contributed by atoms with Crippen molar-refractivity contribution in [1.29, 1.82) is 0 Å². The Balaban J connectivity index is 2.35. The summed E-state index contributed by atoms with van der Waals surface area (Å²) in [4.78, 5) is 0. The predicted octanol–water partition coefficient (Wildman–Crippen LogP) is 4.68. The van der Waals surface area contributed by atoms with Gasteiger partial charge in [-0.2, -0.15) is 0 Å². The molecule has 0 aliphatic rings. The largest absolute Gasteiger partial charge is 0.136 e. The molecule has 0 bridgehead atoms. The van der Waals surface area contributed by atoms with E-state index in [1.165, 1.54) is 15.9 Å². The Bertz CT molecular complexity index is 677. The van der Waals surface area contributed by atoms with E-state index in [1.54, 1.807) is 0 Å². The summed E-state index contributed by atoms with van der Waals surface area (Å²) < 4.78 is 0. The van der Waals surface area contributed by atoms with Crippen LogP contribution in [0.1, 0.15) is 0 Å². The van der Waals surface area contributed by atoms with E-state index in [4.69, 9.17) is 0 Å². The predicted molar refractivity (Wildman–Crippen MR) is 104 cm³/mol. The summed E-state index contributed by atoms with van der Waals surface area (Å²) in [6.45, 7) is 3.88. The molecule has 0 nitrogen and oxygen atoms in total. The Morgan fingerprint density at radius 2 is 0.913 bits per heavy atom. The van der Waals surface area contributed by atoms with E-state index in [-0.39, 0.29) is 0 Å². The first-order valence-corrected chi connectivity index (χ1v) is 9.59. The first-order valence-electron chi connectivity index (χ1n) is 7.74. The molecule has 0 radical (unpaired) electrons. The van der Waals surface area contributed by atoms with Crippen LogP contribution in [0.25, 0.3) is 0 Å². The first kappa shape index (κ1) is 15.5. The zero-order chi connectivity index (χ0) is 16.0. The fourth-order valence-electron chi connectivity index (χ4n) is 2.88. The molecule has 3 rings (SSSR count). The summed E-state index contributed by atoms with van der Waals surface area (Å²) in [6.07, 6.45) is 3.95. The number of benzene rings is 3. The Morgan fingerprint density at radius 3 is 1.22 bits per heavy atom. The molecule has 0 amide bonds. The Hall–Kier alpha value is -2.43. The van der Waals surface area contributed by atoms with Gasteiger partial charge in [0.25, 0.3) is 0 Å². The SMILES string of the molecule is C=C/C=C/[P+](c1ccccc1)(c1ccccc1)c1ccccc1. The minimum absolute atomic E-state index is 1.36. The smallest absolute Gasteiger partial charge is 0.0989 e. The third kappa shape index (κ3) is 3.04. The molecule has 3 aromatic rings. The van der Waals surface area contributed by atoms with Crippen LogP contribution in [-0.4, -0.2) is 0 Å². The van der Waals surface area contributed by atoms with E-state index in [2.05, 4.69) is 109 Å². The van der Waals surface area contributed by atoms with E-state index in [0.717, 1.165) is 0 Å². The molecule has 0 saturated heterocycles. The van der Waals surface area contributed by atoms with Gasteiger partial charge in [-0.3, -0.25) is 0 Å². The Labute approximate surface area is 139 Å². The molecule has 0 saturated carbocycles. The molecule has 0 aliphatic carbocycles. The topological polar surface area (TPSA) is 0 Å². The van der Waals surface area contributed by atoms with Crippen LogP contribution in [0.3, 0.4) is 0 Å². The summed E-state index contributed by atoms with van der Waals surface area (Å²) in [6, 6.07) is 32.4. The second-order valence-electron chi connectivity index (χ2n) is 5.31. The maximum atomic E-state index is 3.88. The molecule has 0 aliphatic heterocycles. The van der Waals surface area contributed by atoms with Crippen molar-refractivity contribution in [3.05, 3.63) is 116 Å². The zero-order valence-electron chi connectivity index (χ0n) is 13.0. The highest BCUT2D eigenvalue weighted by Crippen LogP contribution is 2.56. The normalized spacial score (nSPS) is 11.5. The molecule has 112 valence electrons. The molecule has 0 heterocycles. The molecule has 0 atom stereocenters. The minimum atomic E-state index is -1.82. The van der Waals surface area contributed by atoms with Crippen LogP contribution in [0.15, 0.2) is 116 Å². The van der Waals surface area contributed by atoms with Crippen molar-refractivity contribution in [3.8, 4) is 0 Å². The van der Waals surface area contributed by atoms with E-state index < -0.39 is 7.26 Å². The fraction of sp³-hybridized carbons (Fsp3) is 0. The molecule has 0 N–H and O–H groups in total. The average Bonchev–Trinajstić information content (AvgIpc) is 2.65. The summed E-state index contributed by atoms with van der Waals surface area (Å²) in [5.74, 6) is 2.35. The third-order valence-electron chi connectivity index (χ3n) is 3.94. The van der Waals surface area contributed by atoms with Gasteiger partial charge in [-0.15, -0.1) is 0 Å². The lowest BCUT2D eigenvalue weighted by atomic mass is 10.4. The third-order valence-corrected chi connectivity index (χ3v) is 7.89. The van der Waals surface area contributed by atoms with Crippen LogP contribution in [0.2, 0.25) is 0 Å². The second-order valence-corrected chi connectivity index (χ2v) is 8.60. The molecule has 1 heteroatoms. The Kier molecular flexibility index (Phi) is 4.86. The highest BCUT2D eigenvalue weighted by atomic mass is 31.2. The quantitative estimate of drug-likeness (QED) is 0.474. The van der Waals surface area contributed by atoms with E-state index >= 15 is 0 Å². The molecule has 3 aromatic carbocycles. The van der Waals surface area contributed by atoms with Crippen LogP contribution in [0.5, 0.6) is 0 Å². The number of hydrogen-bond acceptors (Lipinski definition) is 0. The van der Waals surface area contributed by atoms with Crippen LogP contribution in [0, 0.1) is 0 Å². The summed E-state index contributed by atoms with van der Waals surface area (Å²) in [5, 5.41) is 4.07. The monoisotopic (exact) mass is 315 g/mol. The van der Waals surface area contributed by atoms with Crippen molar-refractivity contribution in [2.45, 2.75) is 0 Å². The van der Waals surface area contributed by atoms with Crippen molar-refractivity contribution < 1.29 is 0 Å². The van der Waals surface area contributed by atoms with Gasteiger partial charge in [-0.1, -0.05) is 67.3 Å². The number of rotatable bonds is 5. The summed E-state index contributed by atoms with van der Waals surface area (Å²) in [7, 11) is -1.82. The van der Waals surface area contributed by atoms with Crippen molar-refractivity contribution >= 4 is 23.2 Å². The Morgan fingerprint density at radius 1 is 0.565 bits per heavy atom. The van der Waals surface area contributed by atoms with Gasteiger partial charge in [0.05, 0.1) is 5.82 Å². The molecule has 23 heavy (non-hydrogen) atoms. The summed E-state index contributed by atoms with van der Waals surface area (Å²) in [5.41, 5.74) is 0. The van der Waals surface area contributed by atoms with Crippen molar-refractivity contribution in [1.82, 2.24) is 0 Å². The van der Waals surface area contributed by atoms with Gasteiger partial charge in [-0.05, 0) is 42.5 Å². The molecular formula is C22H20P+. The van der Waals surface area contributed by atoms with Crippen LogP contribution < -0.4 is 15.9 Å². The lowest BCUT2D eigenvalue weighted by Gasteiger charge is -2.23. The van der Waals surface area contributed by atoms with E-state index in [9.17, 15) is 0 Å². The minimum Gasteiger partial charge on any atom is -0.0989 e. The van der Waals surface area contributed by atoms with Gasteiger partial charge in [0.15, 0.2) is 0 Å². The maximum Gasteiger partial charge on any atom is 0.136 e. The van der Waals surface area contributed by atoms with Crippen molar-refractivity contribution in [3.63, 3.8) is 0 Å². The highest BCUT2D eigenvalue weighted by Gasteiger charge is 2.42. The average molecular weight is 315 g/mol. The fourth-order valence-corrected chi connectivity index (χ4v) is 6.60. The number of allylic oxidation sites excluding steroid dienone is 2. The molecule has 0 aromatic heterocycles. The van der Waals surface area contributed by atoms with Gasteiger partial charge in [-0.25, -0.2) is 0 Å². The molecule has 0 spiro atoms. The standard InChI is InChI=1S/C22H20P/c1-2-3-19-23(20-13-7-4-8-14-20,21-15-9-5-10-16-21)22-17-11-6-12-18-22/h2-19H,1H2/q+1/b19-3+. The lowest BCUT2D eigenvalue weighted by molar-refractivity contribution is 1.72. The van der Waals surface area contributed by atoms with Crippen LogP contribution >= 0.6 is 7.26 Å². The molecule has 0 unspecified atom stereocenters. The van der Waals surface area contributed by atoms with Crippen LogP contribution in [0.4, 0.5) is 0 Å². The maximum absolute atomic E-state index is 3.88. The van der Waals surface area contributed by atoms with Gasteiger partial charge >= 0.3 is 0 Å².